The van der Waals surface area contributed by atoms with Crippen molar-refractivity contribution in [3.63, 3.8) is 0 Å². The zero-order valence-corrected chi connectivity index (χ0v) is 19.2. The van der Waals surface area contributed by atoms with Gasteiger partial charge in [-0.2, -0.15) is 0 Å². The van der Waals surface area contributed by atoms with Gasteiger partial charge in [-0.25, -0.2) is 4.79 Å². The van der Waals surface area contributed by atoms with Crippen molar-refractivity contribution in [3.8, 4) is 0 Å². The summed E-state index contributed by atoms with van der Waals surface area (Å²) in [5, 5.41) is 5.68. The number of hydrogen-bond donors (Lipinski definition) is 2. The molecule has 7 nitrogen and oxygen atoms in total. The molecule has 0 spiro atoms. The van der Waals surface area contributed by atoms with Crippen LogP contribution in [0.5, 0.6) is 0 Å². The summed E-state index contributed by atoms with van der Waals surface area (Å²) < 4.78 is 5.65. The zero-order chi connectivity index (χ0) is 24.1. The van der Waals surface area contributed by atoms with E-state index in [4.69, 9.17) is 4.74 Å². The van der Waals surface area contributed by atoms with Gasteiger partial charge in [0.15, 0.2) is 12.1 Å². The quantitative estimate of drug-likeness (QED) is 0.549. The predicted octanol–water partition coefficient (Wildman–Crippen LogP) is 4.45. The molecule has 0 aromatic heterocycles. The van der Waals surface area contributed by atoms with Crippen LogP contribution in [0.1, 0.15) is 40.1 Å². The van der Waals surface area contributed by atoms with Crippen molar-refractivity contribution in [3.05, 3.63) is 101 Å². The van der Waals surface area contributed by atoms with Crippen molar-refractivity contribution in [2.24, 2.45) is 0 Å². The number of nitrogens with zero attached hydrogens (tertiary/aromatic N) is 1. The van der Waals surface area contributed by atoms with Gasteiger partial charge in [0, 0.05) is 17.8 Å². The van der Waals surface area contributed by atoms with Gasteiger partial charge in [-0.1, -0.05) is 60.2 Å². The van der Waals surface area contributed by atoms with E-state index in [9.17, 15) is 14.4 Å². The summed E-state index contributed by atoms with van der Waals surface area (Å²) >= 11 is 0. The highest BCUT2D eigenvalue weighted by molar-refractivity contribution is 6.04. The fourth-order valence-electron chi connectivity index (χ4n) is 3.93. The Bertz CT molecular complexity index is 1160. The molecule has 4 rings (SSSR count). The highest BCUT2D eigenvalue weighted by Crippen LogP contribution is 2.34. The summed E-state index contributed by atoms with van der Waals surface area (Å²) in [4.78, 5) is 39.6. The van der Waals surface area contributed by atoms with E-state index >= 15 is 0 Å². The van der Waals surface area contributed by atoms with Crippen LogP contribution in [0, 0.1) is 6.92 Å². The number of hydrogen-bond acceptors (Lipinski definition) is 4. The predicted molar refractivity (Wildman–Crippen MR) is 129 cm³/mol. The molecule has 1 heterocycles. The van der Waals surface area contributed by atoms with Crippen molar-refractivity contribution in [1.29, 1.82) is 0 Å². The largest absolute Gasteiger partial charge is 0.438 e. The van der Waals surface area contributed by atoms with Crippen molar-refractivity contribution in [2.75, 3.05) is 11.9 Å². The monoisotopic (exact) mass is 457 g/mol. The normalized spacial score (nSPS) is 17.2. The van der Waals surface area contributed by atoms with Gasteiger partial charge in [0.25, 0.3) is 5.91 Å². The first-order chi connectivity index (χ1) is 16.5. The third-order valence-electron chi connectivity index (χ3n) is 5.71. The number of cyclic esters (lactones) is 1. The minimum absolute atomic E-state index is 0.214. The summed E-state index contributed by atoms with van der Waals surface area (Å²) in [6.45, 7) is 4.50. The van der Waals surface area contributed by atoms with E-state index in [0.717, 1.165) is 11.1 Å². The zero-order valence-electron chi connectivity index (χ0n) is 19.2. The second-order valence-electron chi connectivity index (χ2n) is 8.20. The minimum Gasteiger partial charge on any atom is -0.438 e. The molecule has 0 radical (unpaired) electrons. The van der Waals surface area contributed by atoms with Gasteiger partial charge < -0.3 is 15.4 Å². The van der Waals surface area contributed by atoms with Gasteiger partial charge >= 0.3 is 6.09 Å². The lowest BCUT2D eigenvalue weighted by Crippen LogP contribution is -2.46. The van der Waals surface area contributed by atoms with Gasteiger partial charge in [-0.05, 0) is 49.2 Å². The molecular weight excluding hydrogens is 430 g/mol. The second kappa shape index (κ2) is 10.2. The molecule has 34 heavy (non-hydrogen) atoms. The summed E-state index contributed by atoms with van der Waals surface area (Å²) in [6, 6.07) is 23.0. The number of aryl methyl sites for hydroxylation is 1. The van der Waals surface area contributed by atoms with Crippen molar-refractivity contribution in [2.45, 2.75) is 32.5 Å². The van der Waals surface area contributed by atoms with E-state index in [-0.39, 0.29) is 18.4 Å². The lowest BCUT2D eigenvalue weighted by atomic mass is 10.00. The molecule has 3 aromatic rings. The summed E-state index contributed by atoms with van der Waals surface area (Å²) in [6.07, 6.45) is -1.30. The van der Waals surface area contributed by atoms with Gasteiger partial charge in [0.1, 0.15) is 0 Å². The van der Waals surface area contributed by atoms with Crippen LogP contribution in [0.15, 0.2) is 78.9 Å². The number of ether oxygens (including phenoxy) is 1. The molecule has 2 unspecified atom stereocenters. The van der Waals surface area contributed by atoms with Gasteiger partial charge in [0.2, 0.25) is 5.91 Å². The Morgan fingerprint density at radius 2 is 1.62 bits per heavy atom. The maximum atomic E-state index is 12.9. The number of likely N-dealkylation sites (N-methyl/N-ethyl adjacent to an activating group) is 1. The Hall–Kier alpha value is -4.13. The van der Waals surface area contributed by atoms with Crippen LogP contribution in [-0.4, -0.2) is 35.4 Å². The first kappa shape index (κ1) is 23.0. The average molecular weight is 458 g/mol. The second-order valence-corrected chi connectivity index (χ2v) is 8.20. The fourth-order valence-corrected chi connectivity index (χ4v) is 3.93. The Balaban J connectivity index is 1.53. The molecule has 1 saturated heterocycles. The lowest BCUT2D eigenvalue weighted by Gasteiger charge is -2.24. The van der Waals surface area contributed by atoms with E-state index in [1.165, 1.54) is 4.90 Å². The summed E-state index contributed by atoms with van der Waals surface area (Å²) in [7, 11) is 0. The molecule has 1 aliphatic rings. The minimum atomic E-state index is -0.805. The van der Waals surface area contributed by atoms with E-state index in [1.54, 1.807) is 36.4 Å². The number of anilines is 1. The number of rotatable bonds is 7. The van der Waals surface area contributed by atoms with E-state index < -0.39 is 18.2 Å². The molecule has 1 aliphatic heterocycles. The van der Waals surface area contributed by atoms with Crippen LogP contribution in [-0.2, 0) is 16.1 Å². The molecule has 2 N–H and O–H groups in total. The third-order valence-corrected chi connectivity index (χ3v) is 5.71. The lowest BCUT2D eigenvalue weighted by molar-refractivity contribution is -0.126. The smallest absolute Gasteiger partial charge is 0.411 e. The van der Waals surface area contributed by atoms with Crippen LogP contribution in [0.2, 0.25) is 0 Å². The molecule has 7 heteroatoms. The standard InChI is InChI=1S/C27H27N3O4/c1-3-28-26(32)23-24(34-27(33)30(23)17-19-7-5-4-6-8-19)20-13-15-22(16-14-20)29-25(31)21-11-9-18(2)10-12-21/h4-16,23-24H,3,17H2,1-2H3,(H,28,32)(H,29,31). The maximum absolute atomic E-state index is 12.9. The van der Waals surface area contributed by atoms with Crippen molar-refractivity contribution < 1.29 is 19.1 Å². The SMILES string of the molecule is CCNC(=O)C1C(c2ccc(NC(=O)c3ccc(C)cc3)cc2)OC(=O)N1Cc1ccccc1. The molecule has 3 amide bonds. The Morgan fingerprint density at radius 1 is 0.941 bits per heavy atom. The number of nitrogens with one attached hydrogen (secondary N) is 2. The van der Waals surface area contributed by atoms with Crippen LogP contribution in [0.3, 0.4) is 0 Å². The fraction of sp³-hybridized carbons (Fsp3) is 0.222. The number of carbonyl (C=O) groups is 3. The average Bonchev–Trinajstić information content (AvgIpc) is 3.16. The first-order valence-corrected chi connectivity index (χ1v) is 11.2. The maximum Gasteiger partial charge on any atom is 0.411 e. The topological polar surface area (TPSA) is 87.7 Å². The summed E-state index contributed by atoms with van der Waals surface area (Å²) in [5.74, 6) is -0.486. The van der Waals surface area contributed by atoms with Crippen molar-refractivity contribution >= 4 is 23.6 Å². The Labute approximate surface area is 198 Å². The van der Waals surface area contributed by atoms with Crippen LogP contribution < -0.4 is 10.6 Å². The molecular formula is C27H27N3O4. The molecule has 0 saturated carbocycles. The Kier molecular flexibility index (Phi) is 6.92. The van der Waals surface area contributed by atoms with Crippen LogP contribution in [0.25, 0.3) is 0 Å². The van der Waals surface area contributed by atoms with E-state index in [0.29, 0.717) is 23.4 Å². The summed E-state index contributed by atoms with van der Waals surface area (Å²) in [5.41, 5.74) is 3.83. The Morgan fingerprint density at radius 3 is 2.26 bits per heavy atom. The van der Waals surface area contributed by atoms with Crippen molar-refractivity contribution in [1.82, 2.24) is 10.2 Å². The third kappa shape index (κ3) is 5.09. The van der Waals surface area contributed by atoms with E-state index in [2.05, 4.69) is 10.6 Å². The first-order valence-electron chi connectivity index (χ1n) is 11.2. The molecule has 3 aromatic carbocycles. The highest BCUT2D eigenvalue weighted by atomic mass is 16.6. The van der Waals surface area contributed by atoms with Crippen LogP contribution in [0.4, 0.5) is 10.5 Å². The molecule has 174 valence electrons. The van der Waals surface area contributed by atoms with Gasteiger partial charge in [0.05, 0.1) is 6.54 Å². The van der Waals surface area contributed by atoms with Gasteiger partial charge in [-0.15, -0.1) is 0 Å². The van der Waals surface area contributed by atoms with Gasteiger partial charge in [-0.3, -0.25) is 14.5 Å². The molecule has 2 atom stereocenters. The van der Waals surface area contributed by atoms with E-state index in [1.807, 2.05) is 56.3 Å². The molecule has 1 fully saturated rings. The number of carbonyl (C=O) groups excluding carboxylic acids is 3. The molecule has 0 aliphatic carbocycles. The number of amides is 3. The highest BCUT2D eigenvalue weighted by Gasteiger charge is 2.46. The molecule has 0 bridgehead atoms. The number of benzene rings is 3. The van der Waals surface area contributed by atoms with Crippen LogP contribution >= 0.6 is 0 Å².